The van der Waals surface area contributed by atoms with Gasteiger partial charge in [0.15, 0.2) is 0 Å². The number of nitrogen functional groups attached to an aromatic ring is 1. The Bertz CT molecular complexity index is 605. The molecule has 2 rings (SSSR count). The van der Waals surface area contributed by atoms with Crippen LogP contribution in [-0.4, -0.2) is 10.8 Å². The number of thiazole rings is 1. The van der Waals surface area contributed by atoms with Gasteiger partial charge in [0.1, 0.15) is 23.2 Å². The summed E-state index contributed by atoms with van der Waals surface area (Å²) in [5, 5.41) is 8.70. The van der Waals surface area contributed by atoms with Crippen molar-refractivity contribution in [2.75, 3.05) is 0 Å². The van der Waals surface area contributed by atoms with Gasteiger partial charge in [0.25, 0.3) is 0 Å². The fourth-order valence-corrected chi connectivity index (χ4v) is 2.61. The Morgan fingerprint density at radius 3 is 2.74 bits per heavy atom. The van der Waals surface area contributed by atoms with Gasteiger partial charge in [-0.05, 0) is 32.0 Å². The maximum absolute atomic E-state index is 7.34. The summed E-state index contributed by atoms with van der Waals surface area (Å²) in [6.45, 7) is 4.40. The van der Waals surface area contributed by atoms with Crippen LogP contribution in [0.2, 0.25) is 5.02 Å². The number of aromatic nitrogens is 1. The summed E-state index contributed by atoms with van der Waals surface area (Å²) < 4.78 is 5.63. The summed E-state index contributed by atoms with van der Waals surface area (Å²) in [6.07, 6.45) is 0. The summed E-state index contributed by atoms with van der Waals surface area (Å²) in [7, 11) is 0. The summed E-state index contributed by atoms with van der Waals surface area (Å²) in [6, 6.07) is 5.05. The Balaban J connectivity index is 2.09. The number of hydrogen-bond acceptors (Lipinski definition) is 4. The van der Waals surface area contributed by atoms with Gasteiger partial charge in [0.05, 0.1) is 10.7 Å². The van der Waals surface area contributed by atoms with Crippen molar-refractivity contribution in [1.82, 2.24) is 4.98 Å². The first kappa shape index (κ1) is 13.8. The molecular weight excluding hydrogens is 282 g/mol. The van der Waals surface area contributed by atoms with Gasteiger partial charge in [0, 0.05) is 10.4 Å². The average molecular weight is 296 g/mol. The van der Waals surface area contributed by atoms with Crippen molar-refractivity contribution in [1.29, 1.82) is 5.41 Å². The quantitative estimate of drug-likeness (QED) is 0.671. The lowest BCUT2D eigenvalue weighted by atomic mass is 10.2. The van der Waals surface area contributed by atoms with E-state index < -0.39 is 0 Å². The summed E-state index contributed by atoms with van der Waals surface area (Å²) in [5.74, 6) is 0.553. The Morgan fingerprint density at radius 2 is 2.21 bits per heavy atom. The second-order valence-electron chi connectivity index (χ2n) is 4.10. The molecule has 0 saturated carbocycles. The van der Waals surface area contributed by atoms with Crippen LogP contribution < -0.4 is 10.5 Å². The van der Waals surface area contributed by atoms with Gasteiger partial charge in [-0.25, -0.2) is 4.98 Å². The topological polar surface area (TPSA) is 72.0 Å². The number of aryl methyl sites for hydroxylation is 2. The van der Waals surface area contributed by atoms with Gasteiger partial charge in [0.2, 0.25) is 0 Å². The minimum Gasteiger partial charge on any atom is -0.485 e. The van der Waals surface area contributed by atoms with E-state index in [4.69, 9.17) is 27.5 Å². The van der Waals surface area contributed by atoms with Gasteiger partial charge in [-0.2, -0.15) is 0 Å². The number of nitrogens with two attached hydrogens (primary N) is 1. The molecule has 1 heterocycles. The standard InChI is InChI=1S/C13H14ClN3OS/c1-7-8(2)19-12(17-7)6-18-11-4-3-9(13(15)16)5-10(11)14/h3-5H,6H2,1-2H3,(H3,15,16). The van der Waals surface area contributed by atoms with Crippen molar-refractivity contribution in [2.24, 2.45) is 5.73 Å². The molecule has 19 heavy (non-hydrogen) atoms. The van der Waals surface area contributed by atoms with E-state index in [-0.39, 0.29) is 5.84 Å². The van der Waals surface area contributed by atoms with E-state index in [9.17, 15) is 0 Å². The maximum Gasteiger partial charge on any atom is 0.140 e. The van der Waals surface area contributed by atoms with Crippen LogP contribution in [0, 0.1) is 19.3 Å². The molecule has 0 radical (unpaired) electrons. The monoisotopic (exact) mass is 295 g/mol. The molecule has 0 aliphatic heterocycles. The molecule has 0 amide bonds. The van der Waals surface area contributed by atoms with Crippen LogP contribution >= 0.6 is 22.9 Å². The van der Waals surface area contributed by atoms with Gasteiger partial charge in [-0.15, -0.1) is 11.3 Å². The van der Waals surface area contributed by atoms with Crippen LogP contribution in [0.5, 0.6) is 5.75 Å². The van der Waals surface area contributed by atoms with Crippen LogP contribution in [0.3, 0.4) is 0 Å². The van der Waals surface area contributed by atoms with Gasteiger partial charge in [-0.1, -0.05) is 11.6 Å². The number of nitrogens with one attached hydrogen (secondary N) is 1. The molecule has 0 aliphatic carbocycles. The Morgan fingerprint density at radius 1 is 1.47 bits per heavy atom. The molecule has 0 spiro atoms. The highest BCUT2D eigenvalue weighted by molar-refractivity contribution is 7.11. The Hall–Kier alpha value is -1.59. The minimum absolute atomic E-state index is 0.0142. The van der Waals surface area contributed by atoms with Crippen LogP contribution in [0.1, 0.15) is 21.1 Å². The highest BCUT2D eigenvalue weighted by Gasteiger charge is 2.08. The number of nitrogens with zero attached hydrogens (tertiary/aromatic N) is 1. The molecule has 3 N–H and O–H groups in total. The summed E-state index contributed by atoms with van der Waals surface area (Å²) in [4.78, 5) is 5.59. The predicted octanol–water partition coefficient (Wildman–Crippen LogP) is 3.28. The molecule has 0 bridgehead atoms. The number of ether oxygens (including phenoxy) is 1. The molecular formula is C13H14ClN3OS. The van der Waals surface area contributed by atoms with Crippen LogP contribution in [0.25, 0.3) is 0 Å². The lowest BCUT2D eigenvalue weighted by Crippen LogP contribution is -2.10. The predicted molar refractivity (Wildman–Crippen MR) is 78.4 cm³/mol. The average Bonchev–Trinajstić information content (AvgIpc) is 2.67. The van der Waals surface area contributed by atoms with E-state index in [0.717, 1.165) is 10.7 Å². The van der Waals surface area contributed by atoms with Crippen molar-refractivity contribution in [3.8, 4) is 5.75 Å². The number of hydrogen-bond donors (Lipinski definition) is 2. The zero-order valence-electron chi connectivity index (χ0n) is 10.7. The number of amidine groups is 1. The minimum atomic E-state index is -0.0142. The van der Waals surface area contributed by atoms with E-state index in [1.807, 2.05) is 13.8 Å². The van der Waals surface area contributed by atoms with Crippen molar-refractivity contribution >= 4 is 28.8 Å². The van der Waals surface area contributed by atoms with Gasteiger partial charge in [-0.3, -0.25) is 5.41 Å². The molecule has 2 aromatic rings. The lowest BCUT2D eigenvalue weighted by Gasteiger charge is -2.07. The molecule has 1 aromatic carbocycles. The molecule has 0 fully saturated rings. The van der Waals surface area contributed by atoms with Gasteiger partial charge < -0.3 is 10.5 Å². The molecule has 4 nitrogen and oxygen atoms in total. The van der Waals surface area contributed by atoms with E-state index in [2.05, 4.69) is 4.98 Å². The Kier molecular flexibility index (Phi) is 4.07. The third-order valence-corrected chi connectivity index (χ3v) is 4.01. The van der Waals surface area contributed by atoms with Gasteiger partial charge >= 0.3 is 0 Å². The number of rotatable bonds is 4. The fraction of sp³-hybridized carbons (Fsp3) is 0.231. The molecule has 6 heteroatoms. The van der Waals surface area contributed by atoms with Crippen LogP contribution in [0.4, 0.5) is 0 Å². The highest BCUT2D eigenvalue weighted by atomic mass is 35.5. The smallest absolute Gasteiger partial charge is 0.140 e. The molecule has 0 saturated heterocycles. The van der Waals surface area contributed by atoms with Crippen molar-refractivity contribution in [2.45, 2.75) is 20.5 Å². The maximum atomic E-state index is 7.34. The van der Waals surface area contributed by atoms with E-state index >= 15 is 0 Å². The highest BCUT2D eigenvalue weighted by Crippen LogP contribution is 2.27. The van der Waals surface area contributed by atoms with Crippen molar-refractivity contribution in [3.63, 3.8) is 0 Å². The molecule has 0 aliphatic rings. The first-order valence-electron chi connectivity index (χ1n) is 5.67. The summed E-state index contributed by atoms with van der Waals surface area (Å²) >= 11 is 7.70. The molecule has 0 unspecified atom stereocenters. The van der Waals surface area contributed by atoms with E-state index in [0.29, 0.717) is 22.9 Å². The fourth-order valence-electron chi connectivity index (χ4n) is 1.53. The normalized spacial score (nSPS) is 10.5. The zero-order chi connectivity index (χ0) is 14.0. The molecule has 100 valence electrons. The molecule has 1 aromatic heterocycles. The second kappa shape index (κ2) is 5.59. The third kappa shape index (κ3) is 3.24. The lowest BCUT2D eigenvalue weighted by molar-refractivity contribution is 0.305. The van der Waals surface area contributed by atoms with Crippen LogP contribution in [0.15, 0.2) is 18.2 Å². The van der Waals surface area contributed by atoms with Crippen molar-refractivity contribution < 1.29 is 4.74 Å². The largest absolute Gasteiger partial charge is 0.485 e. The zero-order valence-corrected chi connectivity index (χ0v) is 12.2. The summed E-state index contributed by atoms with van der Waals surface area (Å²) in [5.41, 5.74) is 7.00. The Labute approximate surface area is 120 Å². The first-order chi connectivity index (χ1) is 8.97. The van der Waals surface area contributed by atoms with E-state index in [1.54, 1.807) is 29.5 Å². The number of benzene rings is 1. The third-order valence-electron chi connectivity index (χ3n) is 2.67. The molecule has 0 atom stereocenters. The van der Waals surface area contributed by atoms with E-state index in [1.165, 1.54) is 4.88 Å². The number of halogens is 1. The van der Waals surface area contributed by atoms with Crippen LogP contribution in [-0.2, 0) is 6.61 Å². The SMILES string of the molecule is Cc1nc(COc2ccc(C(=N)N)cc2Cl)sc1C. The van der Waals surface area contributed by atoms with Crippen molar-refractivity contribution in [3.05, 3.63) is 44.4 Å². The second-order valence-corrected chi connectivity index (χ2v) is 5.79. The first-order valence-corrected chi connectivity index (χ1v) is 6.86.